The smallest absolute Gasteiger partial charge is 0.335 e. The highest BCUT2D eigenvalue weighted by Crippen LogP contribution is 2.26. The van der Waals surface area contributed by atoms with Crippen molar-refractivity contribution in [2.45, 2.75) is 12.2 Å². The van der Waals surface area contributed by atoms with Gasteiger partial charge >= 0.3 is 5.97 Å². The maximum Gasteiger partial charge on any atom is 0.335 e. The molecule has 0 aromatic rings. The first-order chi connectivity index (χ1) is 6.99. The molecule has 5 heteroatoms. The first-order valence-electron chi connectivity index (χ1n) is 4.53. The molecule has 1 atom stereocenters. The topological polar surface area (TPSA) is 59.0 Å². The molecule has 0 bridgehead atoms. The van der Waals surface area contributed by atoms with E-state index in [2.05, 4.69) is 0 Å². The highest BCUT2D eigenvalue weighted by molar-refractivity contribution is 5.90. The van der Waals surface area contributed by atoms with E-state index in [-0.39, 0.29) is 5.57 Å². The molecule has 0 aliphatic heterocycles. The average Bonchev–Trinajstić information content (AvgIpc) is 2.17. The van der Waals surface area contributed by atoms with Crippen molar-refractivity contribution in [3.8, 4) is 0 Å². The van der Waals surface area contributed by atoms with Crippen LogP contribution in [0.4, 0.5) is 0 Å². The van der Waals surface area contributed by atoms with E-state index in [9.17, 15) is 4.79 Å². The Hall–Kier alpha value is -1.17. The van der Waals surface area contributed by atoms with Gasteiger partial charge in [0.15, 0.2) is 0 Å². The largest absolute Gasteiger partial charge is 0.478 e. The van der Waals surface area contributed by atoms with E-state index in [0.717, 1.165) is 0 Å². The van der Waals surface area contributed by atoms with E-state index < -0.39 is 11.8 Å². The minimum Gasteiger partial charge on any atom is -0.478 e. The number of carbonyl (C=O) groups is 1. The Bertz CT molecular complexity index is 309. The third-order valence-corrected chi connectivity index (χ3v) is 2.05. The molecule has 1 N–H and O–H groups in total. The molecule has 1 rings (SSSR count). The van der Waals surface area contributed by atoms with Crippen LogP contribution < -0.4 is 0 Å². The fourth-order valence-electron chi connectivity index (χ4n) is 1.33. The molecule has 0 aromatic carbocycles. The lowest BCUT2D eigenvalue weighted by molar-refractivity contribution is -0.297. The summed E-state index contributed by atoms with van der Waals surface area (Å²) in [6, 6.07) is 0. The second kappa shape index (κ2) is 4.57. The summed E-state index contributed by atoms with van der Waals surface area (Å²) in [5.41, 5.74) is 0.255. The first-order valence-corrected chi connectivity index (χ1v) is 4.53. The van der Waals surface area contributed by atoms with Crippen LogP contribution in [0.15, 0.2) is 23.8 Å². The van der Waals surface area contributed by atoms with Crippen molar-refractivity contribution >= 4 is 5.97 Å². The molecular weight excluding hydrogens is 198 g/mol. The monoisotopic (exact) mass is 213 g/mol. The fourth-order valence-corrected chi connectivity index (χ4v) is 1.33. The van der Waals surface area contributed by atoms with Crippen molar-refractivity contribution in [1.29, 1.82) is 0 Å². The van der Waals surface area contributed by atoms with Gasteiger partial charge in [0.05, 0.1) is 5.57 Å². The number of ether oxygens (including phenoxy) is 1. The predicted octanol–water partition coefficient (Wildman–Crippen LogP) is 0.793. The van der Waals surface area contributed by atoms with Gasteiger partial charge in [-0.15, -0.1) is 0 Å². The molecule has 5 nitrogen and oxygen atoms in total. The van der Waals surface area contributed by atoms with Crippen molar-refractivity contribution in [2.75, 3.05) is 21.2 Å². The summed E-state index contributed by atoms with van der Waals surface area (Å²) in [6.45, 7) is 0. The number of carboxylic acids is 1. The summed E-state index contributed by atoms with van der Waals surface area (Å²) in [5, 5.41) is 10.3. The number of aliphatic carboxylic acids is 1. The molecule has 0 aromatic heterocycles. The average molecular weight is 213 g/mol. The number of rotatable bonds is 4. The van der Waals surface area contributed by atoms with Gasteiger partial charge < -0.3 is 9.84 Å². The molecule has 0 saturated heterocycles. The minimum atomic E-state index is -0.944. The summed E-state index contributed by atoms with van der Waals surface area (Å²) in [6.07, 6.45) is 5.05. The van der Waals surface area contributed by atoms with Crippen LogP contribution >= 0.6 is 0 Å². The molecule has 15 heavy (non-hydrogen) atoms. The van der Waals surface area contributed by atoms with Crippen LogP contribution in [0.2, 0.25) is 0 Å². The number of nitrogens with zero attached hydrogens (tertiary/aromatic N) is 1. The summed E-state index contributed by atoms with van der Waals surface area (Å²) in [7, 11) is 5.00. The summed E-state index contributed by atoms with van der Waals surface area (Å²) in [4.78, 5) is 16.1. The zero-order chi connectivity index (χ0) is 11.5. The molecule has 84 valence electrons. The van der Waals surface area contributed by atoms with Crippen molar-refractivity contribution in [1.82, 2.24) is 5.06 Å². The van der Waals surface area contributed by atoms with Gasteiger partial charge in [-0.05, 0) is 12.2 Å². The Morgan fingerprint density at radius 3 is 2.60 bits per heavy atom. The second-order valence-corrected chi connectivity index (χ2v) is 3.42. The summed E-state index contributed by atoms with van der Waals surface area (Å²) in [5.74, 6) is -1.83. The van der Waals surface area contributed by atoms with Crippen LogP contribution in [0.5, 0.6) is 0 Å². The summed E-state index contributed by atoms with van der Waals surface area (Å²) < 4.78 is 5.23. The minimum absolute atomic E-state index is 0.255. The summed E-state index contributed by atoms with van der Waals surface area (Å²) >= 11 is 0. The maximum absolute atomic E-state index is 10.7. The number of methoxy groups -OCH3 is 1. The van der Waals surface area contributed by atoms with E-state index in [1.54, 1.807) is 26.2 Å². The zero-order valence-corrected chi connectivity index (χ0v) is 9.06. The Balaban J connectivity index is 2.76. The molecule has 1 aliphatic rings. The quantitative estimate of drug-likeness (QED) is 0.552. The molecule has 1 unspecified atom stereocenters. The Morgan fingerprint density at radius 1 is 1.60 bits per heavy atom. The number of hydrogen-bond acceptors (Lipinski definition) is 4. The van der Waals surface area contributed by atoms with E-state index >= 15 is 0 Å². The normalized spacial score (nSPS) is 25.5. The maximum atomic E-state index is 10.7. The van der Waals surface area contributed by atoms with Crippen LogP contribution in [0.25, 0.3) is 0 Å². The molecular formula is C10H15NO4. The third kappa shape index (κ3) is 2.89. The van der Waals surface area contributed by atoms with Gasteiger partial charge in [0.2, 0.25) is 5.79 Å². The molecule has 0 heterocycles. The Labute approximate surface area is 88.5 Å². The van der Waals surface area contributed by atoms with Crippen LogP contribution in [0, 0.1) is 0 Å². The van der Waals surface area contributed by atoms with Crippen molar-refractivity contribution in [2.24, 2.45) is 0 Å². The zero-order valence-electron chi connectivity index (χ0n) is 9.06. The highest BCUT2D eigenvalue weighted by atomic mass is 16.8. The van der Waals surface area contributed by atoms with Crippen LogP contribution in [0.3, 0.4) is 0 Å². The third-order valence-electron chi connectivity index (χ3n) is 2.05. The molecule has 0 fully saturated rings. The molecule has 0 saturated carbocycles. The van der Waals surface area contributed by atoms with Gasteiger partial charge in [0.1, 0.15) is 0 Å². The van der Waals surface area contributed by atoms with Crippen molar-refractivity contribution in [3.05, 3.63) is 23.8 Å². The lowest BCUT2D eigenvalue weighted by Gasteiger charge is -2.32. The van der Waals surface area contributed by atoms with Crippen LogP contribution in [0.1, 0.15) is 6.42 Å². The predicted molar refractivity (Wildman–Crippen MR) is 54.0 cm³/mol. The standard InChI is InChI=1S/C10H15NO4/c1-11(2)15-10(14-3)6-4-8(5-7-10)9(12)13/h4-6H,7H2,1-3H3,(H,12,13). The van der Waals surface area contributed by atoms with E-state index in [1.807, 2.05) is 0 Å². The Kier molecular flexibility index (Phi) is 3.62. The van der Waals surface area contributed by atoms with Gasteiger partial charge in [-0.3, -0.25) is 4.84 Å². The SMILES string of the molecule is COC1(ON(C)C)C=CC(C(=O)O)=CC1. The van der Waals surface area contributed by atoms with E-state index in [4.69, 9.17) is 14.7 Å². The number of hydroxylamine groups is 2. The fraction of sp³-hybridized carbons (Fsp3) is 0.500. The number of hydrogen-bond donors (Lipinski definition) is 1. The van der Waals surface area contributed by atoms with E-state index in [1.165, 1.54) is 18.2 Å². The highest BCUT2D eigenvalue weighted by Gasteiger charge is 2.31. The van der Waals surface area contributed by atoms with Gasteiger partial charge in [-0.25, -0.2) is 4.79 Å². The van der Waals surface area contributed by atoms with Crippen molar-refractivity contribution < 1.29 is 19.5 Å². The Morgan fingerprint density at radius 2 is 2.27 bits per heavy atom. The second-order valence-electron chi connectivity index (χ2n) is 3.42. The van der Waals surface area contributed by atoms with E-state index in [0.29, 0.717) is 6.42 Å². The van der Waals surface area contributed by atoms with Gasteiger partial charge in [-0.1, -0.05) is 6.08 Å². The van der Waals surface area contributed by atoms with Gasteiger partial charge in [0.25, 0.3) is 0 Å². The first kappa shape index (κ1) is 11.9. The number of carboxylic acid groups (broad SMARTS) is 1. The van der Waals surface area contributed by atoms with Crippen molar-refractivity contribution in [3.63, 3.8) is 0 Å². The molecule has 1 aliphatic carbocycles. The van der Waals surface area contributed by atoms with Gasteiger partial charge in [-0.2, -0.15) is 5.06 Å². The van der Waals surface area contributed by atoms with Crippen LogP contribution in [-0.4, -0.2) is 43.1 Å². The molecule has 0 radical (unpaired) electrons. The molecule has 0 spiro atoms. The molecule has 0 amide bonds. The van der Waals surface area contributed by atoms with Crippen LogP contribution in [-0.2, 0) is 14.4 Å². The lowest BCUT2D eigenvalue weighted by atomic mass is 10.0. The van der Waals surface area contributed by atoms with Gasteiger partial charge in [0, 0.05) is 27.6 Å². The lowest BCUT2D eigenvalue weighted by Crippen LogP contribution is -2.38.